The van der Waals surface area contributed by atoms with Gasteiger partial charge in [0.05, 0.1) is 0 Å². The van der Waals surface area contributed by atoms with Crippen molar-refractivity contribution in [3.8, 4) is 0 Å². The second-order valence-corrected chi connectivity index (χ2v) is 4.20. The molecule has 0 aliphatic heterocycles. The van der Waals surface area contributed by atoms with Crippen molar-refractivity contribution in [3.05, 3.63) is 34.9 Å². The van der Waals surface area contributed by atoms with E-state index < -0.39 is 0 Å². The Labute approximate surface area is 96.5 Å². The lowest BCUT2D eigenvalue weighted by atomic mass is 9.92. The first-order valence-electron chi connectivity index (χ1n) is 5.44. The molecule has 1 aromatic rings. The third-order valence-electron chi connectivity index (χ3n) is 2.67. The summed E-state index contributed by atoms with van der Waals surface area (Å²) in [5, 5.41) is 0.742. The molecule has 0 heterocycles. The molecule has 0 spiro atoms. The second kappa shape index (κ2) is 5.92. The molecular formula is C13H17ClO. The van der Waals surface area contributed by atoms with Gasteiger partial charge in [0, 0.05) is 17.4 Å². The highest BCUT2D eigenvalue weighted by Crippen LogP contribution is 2.17. The Balaban J connectivity index is 2.70. The number of rotatable bonds is 5. The third kappa shape index (κ3) is 3.67. The lowest BCUT2D eigenvalue weighted by Gasteiger charge is -2.12. The summed E-state index contributed by atoms with van der Waals surface area (Å²) in [6, 6.07) is 7.75. The van der Waals surface area contributed by atoms with E-state index >= 15 is 0 Å². The summed E-state index contributed by atoms with van der Waals surface area (Å²) in [5.41, 5.74) is 1.15. The van der Waals surface area contributed by atoms with E-state index in [2.05, 4.69) is 6.92 Å². The lowest BCUT2D eigenvalue weighted by molar-refractivity contribution is -0.122. The monoisotopic (exact) mass is 224 g/mol. The van der Waals surface area contributed by atoms with Crippen molar-refractivity contribution >= 4 is 17.4 Å². The van der Waals surface area contributed by atoms with Gasteiger partial charge in [-0.25, -0.2) is 0 Å². The van der Waals surface area contributed by atoms with Crippen LogP contribution in [0.3, 0.4) is 0 Å². The van der Waals surface area contributed by atoms with Crippen molar-refractivity contribution in [1.82, 2.24) is 0 Å². The van der Waals surface area contributed by atoms with Gasteiger partial charge in [0.25, 0.3) is 0 Å². The number of Topliss-reactive ketones (excluding diaryl/α,β-unsaturated/α-hetero) is 1. The molecule has 0 amide bonds. The van der Waals surface area contributed by atoms with E-state index in [0.29, 0.717) is 12.2 Å². The number of carbonyl (C=O) groups is 1. The highest BCUT2D eigenvalue weighted by Gasteiger charge is 2.14. The first kappa shape index (κ1) is 12.3. The number of hydrogen-bond acceptors (Lipinski definition) is 1. The predicted molar refractivity (Wildman–Crippen MR) is 64.2 cm³/mol. The molecule has 0 fully saturated rings. The second-order valence-electron chi connectivity index (χ2n) is 3.76. The molecule has 1 aromatic carbocycles. The molecule has 0 saturated carbocycles. The quantitative estimate of drug-likeness (QED) is 0.742. The highest BCUT2D eigenvalue weighted by atomic mass is 35.5. The Morgan fingerprint density at radius 3 is 2.67 bits per heavy atom. The zero-order valence-corrected chi connectivity index (χ0v) is 10.1. The summed E-state index contributed by atoms with van der Waals surface area (Å²) in [5.74, 6) is 0.492. The standard InChI is InChI=1S/C13H17ClO/c1-3-11(13(15)4-2)8-10-6-5-7-12(14)9-10/h5-7,9,11H,3-4,8H2,1-2H3. The zero-order chi connectivity index (χ0) is 11.3. The summed E-state index contributed by atoms with van der Waals surface area (Å²) < 4.78 is 0. The van der Waals surface area contributed by atoms with Gasteiger partial charge in [0.1, 0.15) is 5.78 Å². The van der Waals surface area contributed by atoms with Gasteiger partial charge in [-0.05, 0) is 30.5 Å². The van der Waals surface area contributed by atoms with Gasteiger partial charge >= 0.3 is 0 Å². The van der Waals surface area contributed by atoms with Gasteiger partial charge in [-0.3, -0.25) is 4.79 Å². The molecule has 2 heteroatoms. The van der Waals surface area contributed by atoms with E-state index in [1.807, 2.05) is 31.2 Å². The average Bonchev–Trinajstić information content (AvgIpc) is 2.25. The molecule has 82 valence electrons. The minimum atomic E-state index is 0.147. The highest BCUT2D eigenvalue weighted by molar-refractivity contribution is 6.30. The van der Waals surface area contributed by atoms with E-state index in [1.165, 1.54) is 0 Å². The molecule has 0 saturated heterocycles. The number of halogens is 1. The number of ketones is 1. The molecule has 0 N–H and O–H groups in total. The number of benzene rings is 1. The van der Waals surface area contributed by atoms with E-state index in [0.717, 1.165) is 23.4 Å². The van der Waals surface area contributed by atoms with Crippen molar-refractivity contribution in [1.29, 1.82) is 0 Å². The van der Waals surface area contributed by atoms with Crippen molar-refractivity contribution in [2.45, 2.75) is 33.1 Å². The first-order valence-corrected chi connectivity index (χ1v) is 5.82. The number of carbonyl (C=O) groups excluding carboxylic acids is 1. The Morgan fingerprint density at radius 2 is 2.13 bits per heavy atom. The number of hydrogen-bond donors (Lipinski definition) is 0. The molecule has 1 unspecified atom stereocenters. The van der Waals surface area contributed by atoms with Gasteiger partial charge in [0.15, 0.2) is 0 Å². The van der Waals surface area contributed by atoms with Crippen molar-refractivity contribution in [2.75, 3.05) is 0 Å². The minimum Gasteiger partial charge on any atom is -0.299 e. The zero-order valence-electron chi connectivity index (χ0n) is 9.29. The fourth-order valence-electron chi connectivity index (χ4n) is 1.72. The summed E-state index contributed by atoms with van der Waals surface area (Å²) in [6.45, 7) is 3.98. The normalized spacial score (nSPS) is 12.5. The van der Waals surface area contributed by atoms with Crippen LogP contribution >= 0.6 is 11.6 Å². The van der Waals surface area contributed by atoms with Crippen LogP contribution in [0.5, 0.6) is 0 Å². The maximum atomic E-state index is 11.6. The third-order valence-corrected chi connectivity index (χ3v) is 2.90. The van der Waals surface area contributed by atoms with Crippen LogP contribution in [0.4, 0.5) is 0 Å². The average molecular weight is 225 g/mol. The van der Waals surface area contributed by atoms with Crippen molar-refractivity contribution in [2.24, 2.45) is 5.92 Å². The maximum absolute atomic E-state index is 11.6. The molecule has 15 heavy (non-hydrogen) atoms. The van der Waals surface area contributed by atoms with Crippen LogP contribution in [0.15, 0.2) is 24.3 Å². The van der Waals surface area contributed by atoms with Crippen molar-refractivity contribution < 1.29 is 4.79 Å². The Bertz CT molecular complexity index is 333. The smallest absolute Gasteiger partial charge is 0.136 e. The van der Waals surface area contributed by atoms with E-state index in [-0.39, 0.29) is 5.92 Å². The van der Waals surface area contributed by atoms with Crippen LogP contribution in [-0.2, 0) is 11.2 Å². The Hall–Kier alpha value is -0.820. The maximum Gasteiger partial charge on any atom is 0.136 e. The van der Waals surface area contributed by atoms with Crippen LogP contribution in [0, 0.1) is 5.92 Å². The van der Waals surface area contributed by atoms with Gasteiger partial charge < -0.3 is 0 Å². The van der Waals surface area contributed by atoms with Gasteiger partial charge in [-0.15, -0.1) is 0 Å². The largest absolute Gasteiger partial charge is 0.299 e. The predicted octanol–water partition coefficient (Wildman–Crippen LogP) is 3.89. The lowest BCUT2D eigenvalue weighted by Crippen LogP contribution is -2.15. The Morgan fingerprint density at radius 1 is 1.40 bits per heavy atom. The van der Waals surface area contributed by atoms with Gasteiger partial charge in [-0.2, -0.15) is 0 Å². The molecule has 0 aliphatic rings. The molecule has 0 aromatic heterocycles. The SMILES string of the molecule is CCC(=O)C(CC)Cc1cccc(Cl)c1. The first-order chi connectivity index (χ1) is 7.17. The van der Waals surface area contributed by atoms with Gasteiger partial charge in [0.2, 0.25) is 0 Å². The van der Waals surface area contributed by atoms with E-state index in [9.17, 15) is 4.79 Å². The minimum absolute atomic E-state index is 0.147. The molecule has 1 atom stereocenters. The molecular weight excluding hydrogens is 208 g/mol. The Kier molecular flexibility index (Phi) is 4.83. The fraction of sp³-hybridized carbons (Fsp3) is 0.462. The fourth-order valence-corrected chi connectivity index (χ4v) is 1.94. The molecule has 1 nitrogen and oxygen atoms in total. The van der Waals surface area contributed by atoms with E-state index in [1.54, 1.807) is 0 Å². The summed E-state index contributed by atoms with van der Waals surface area (Å²) in [6.07, 6.45) is 2.34. The van der Waals surface area contributed by atoms with E-state index in [4.69, 9.17) is 11.6 Å². The summed E-state index contributed by atoms with van der Waals surface area (Å²) in [4.78, 5) is 11.6. The molecule has 0 radical (unpaired) electrons. The van der Waals surface area contributed by atoms with Crippen LogP contribution < -0.4 is 0 Å². The summed E-state index contributed by atoms with van der Waals surface area (Å²) >= 11 is 5.90. The van der Waals surface area contributed by atoms with Gasteiger partial charge in [-0.1, -0.05) is 37.6 Å². The molecule has 0 aliphatic carbocycles. The molecule has 0 bridgehead atoms. The van der Waals surface area contributed by atoms with Crippen LogP contribution in [0.25, 0.3) is 0 Å². The van der Waals surface area contributed by atoms with Crippen LogP contribution in [0.2, 0.25) is 5.02 Å². The topological polar surface area (TPSA) is 17.1 Å². The van der Waals surface area contributed by atoms with Crippen molar-refractivity contribution in [3.63, 3.8) is 0 Å². The van der Waals surface area contributed by atoms with Crippen LogP contribution in [-0.4, -0.2) is 5.78 Å². The van der Waals surface area contributed by atoms with Crippen LogP contribution in [0.1, 0.15) is 32.3 Å². The molecule has 1 rings (SSSR count). The summed E-state index contributed by atoms with van der Waals surface area (Å²) in [7, 11) is 0.